The summed E-state index contributed by atoms with van der Waals surface area (Å²) in [5.74, 6) is -0.849. The Morgan fingerprint density at radius 1 is 1.14 bits per heavy atom. The first kappa shape index (κ1) is 13.9. The van der Waals surface area contributed by atoms with Crippen LogP contribution in [0.3, 0.4) is 0 Å². The van der Waals surface area contributed by atoms with Crippen molar-refractivity contribution in [2.24, 2.45) is 0 Å². The van der Waals surface area contributed by atoms with E-state index in [9.17, 15) is 9.18 Å². The summed E-state index contributed by atoms with van der Waals surface area (Å²) in [7, 11) is 1.98. The predicted molar refractivity (Wildman–Crippen MR) is 85.0 cm³/mol. The van der Waals surface area contributed by atoms with Gasteiger partial charge in [0.15, 0.2) is 0 Å². The zero-order valence-corrected chi connectivity index (χ0v) is 12.5. The highest BCUT2D eigenvalue weighted by Crippen LogP contribution is 2.33. The van der Waals surface area contributed by atoms with Crippen LogP contribution in [-0.2, 0) is 0 Å². The van der Waals surface area contributed by atoms with Gasteiger partial charge in [0.05, 0.1) is 16.9 Å². The summed E-state index contributed by atoms with van der Waals surface area (Å²) in [6.07, 6.45) is 0. The predicted octanol–water partition coefficient (Wildman–Crippen LogP) is 3.21. The summed E-state index contributed by atoms with van der Waals surface area (Å²) in [5, 5.41) is 0. The van der Waals surface area contributed by atoms with E-state index >= 15 is 0 Å². The molecule has 108 valence electrons. The van der Waals surface area contributed by atoms with E-state index in [0.717, 1.165) is 11.4 Å². The molecule has 0 fully saturated rings. The molecule has 1 aliphatic heterocycles. The van der Waals surface area contributed by atoms with Crippen molar-refractivity contribution in [3.05, 3.63) is 53.8 Å². The lowest BCUT2D eigenvalue weighted by Crippen LogP contribution is -2.42. The van der Waals surface area contributed by atoms with Gasteiger partial charge in [0, 0.05) is 25.0 Å². The van der Waals surface area contributed by atoms with Gasteiger partial charge in [-0.25, -0.2) is 4.39 Å². The third kappa shape index (κ3) is 2.49. The van der Waals surface area contributed by atoms with E-state index in [4.69, 9.17) is 0 Å². The second-order valence-electron chi connectivity index (χ2n) is 5.03. The molecule has 1 amide bonds. The van der Waals surface area contributed by atoms with Gasteiger partial charge in [-0.05, 0) is 30.3 Å². The summed E-state index contributed by atoms with van der Waals surface area (Å²) >= 11 is 4.18. The van der Waals surface area contributed by atoms with Gasteiger partial charge in [-0.15, -0.1) is 12.6 Å². The van der Waals surface area contributed by atoms with Gasteiger partial charge in [0.25, 0.3) is 5.91 Å². The lowest BCUT2D eigenvalue weighted by Gasteiger charge is -2.35. The van der Waals surface area contributed by atoms with Crippen LogP contribution < -0.4 is 9.80 Å². The van der Waals surface area contributed by atoms with Crippen molar-refractivity contribution in [2.45, 2.75) is 4.90 Å². The van der Waals surface area contributed by atoms with Crippen LogP contribution in [0.2, 0.25) is 0 Å². The van der Waals surface area contributed by atoms with Crippen LogP contribution in [-0.4, -0.2) is 26.0 Å². The number of carbonyl (C=O) groups is 1. The molecular formula is C16H15FN2OS. The number of likely N-dealkylation sites (N-methyl/N-ethyl adjacent to an activating group) is 1. The smallest absolute Gasteiger partial charge is 0.261 e. The molecule has 3 nitrogen and oxygen atoms in total. The SMILES string of the molecule is CN1CCN(C(=O)c2cc(S)ccc2F)c2ccccc21. The molecule has 0 N–H and O–H groups in total. The van der Waals surface area contributed by atoms with Crippen LogP contribution >= 0.6 is 12.6 Å². The minimum atomic E-state index is -0.519. The number of rotatable bonds is 1. The Hall–Kier alpha value is -2.01. The number of para-hydroxylation sites is 2. The third-order valence-corrected chi connectivity index (χ3v) is 3.95. The number of halogens is 1. The van der Waals surface area contributed by atoms with Gasteiger partial charge >= 0.3 is 0 Å². The van der Waals surface area contributed by atoms with Crippen LogP contribution in [0.5, 0.6) is 0 Å². The van der Waals surface area contributed by atoms with Crippen molar-refractivity contribution in [1.29, 1.82) is 0 Å². The average Bonchev–Trinajstić information content (AvgIpc) is 2.50. The number of hydrogen-bond acceptors (Lipinski definition) is 3. The van der Waals surface area contributed by atoms with Crippen molar-refractivity contribution >= 4 is 29.9 Å². The van der Waals surface area contributed by atoms with E-state index in [0.29, 0.717) is 18.0 Å². The summed E-state index contributed by atoms with van der Waals surface area (Å²) < 4.78 is 13.9. The summed E-state index contributed by atoms with van der Waals surface area (Å²) in [6, 6.07) is 11.9. The molecule has 0 atom stereocenters. The number of hydrogen-bond donors (Lipinski definition) is 1. The molecule has 0 bridgehead atoms. The lowest BCUT2D eigenvalue weighted by molar-refractivity contribution is 0.0982. The Balaban J connectivity index is 2.03. The molecule has 21 heavy (non-hydrogen) atoms. The molecule has 0 aromatic heterocycles. The zero-order chi connectivity index (χ0) is 15.0. The Kier molecular flexibility index (Phi) is 3.59. The molecule has 5 heteroatoms. The Labute approximate surface area is 128 Å². The van der Waals surface area contributed by atoms with E-state index < -0.39 is 5.82 Å². The molecule has 0 unspecified atom stereocenters. The second kappa shape index (κ2) is 5.41. The summed E-state index contributed by atoms with van der Waals surface area (Å²) in [5.41, 5.74) is 1.83. The van der Waals surface area contributed by atoms with Gasteiger partial charge in [-0.1, -0.05) is 12.1 Å². The van der Waals surface area contributed by atoms with Crippen LogP contribution in [0.4, 0.5) is 15.8 Å². The van der Waals surface area contributed by atoms with Gasteiger partial charge in [-0.2, -0.15) is 0 Å². The van der Waals surface area contributed by atoms with E-state index in [-0.39, 0.29) is 11.5 Å². The molecule has 0 saturated heterocycles. The maximum atomic E-state index is 13.9. The average molecular weight is 302 g/mol. The zero-order valence-electron chi connectivity index (χ0n) is 11.6. The largest absolute Gasteiger partial charge is 0.371 e. The molecule has 2 aromatic carbocycles. The van der Waals surface area contributed by atoms with Gasteiger partial charge in [0.1, 0.15) is 5.82 Å². The highest BCUT2D eigenvalue weighted by Gasteiger charge is 2.27. The maximum absolute atomic E-state index is 13.9. The second-order valence-corrected chi connectivity index (χ2v) is 5.55. The number of benzene rings is 2. The normalized spacial score (nSPS) is 14.0. The topological polar surface area (TPSA) is 23.6 Å². The van der Waals surface area contributed by atoms with Gasteiger partial charge in [-0.3, -0.25) is 4.79 Å². The quantitative estimate of drug-likeness (QED) is 0.818. The number of amides is 1. The number of anilines is 2. The van der Waals surface area contributed by atoms with Crippen molar-refractivity contribution in [3.63, 3.8) is 0 Å². The summed E-state index contributed by atoms with van der Waals surface area (Å²) in [4.78, 5) is 17.0. The third-order valence-electron chi connectivity index (χ3n) is 3.67. The summed E-state index contributed by atoms with van der Waals surface area (Å²) in [6.45, 7) is 1.24. The maximum Gasteiger partial charge on any atom is 0.261 e. The Bertz CT molecular complexity index is 704. The Morgan fingerprint density at radius 3 is 2.62 bits per heavy atom. The molecule has 3 rings (SSSR count). The van der Waals surface area contributed by atoms with Gasteiger partial charge in [0.2, 0.25) is 0 Å². The number of fused-ring (bicyclic) bond motifs is 1. The molecule has 0 saturated carbocycles. The van der Waals surface area contributed by atoms with E-state index in [2.05, 4.69) is 17.5 Å². The van der Waals surface area contributed by atoms with Crippen molar-refractivity contribution < 1.29 is 9.18 Å². The van der Waals surface area contributed by atoms with Crippen molar-refractivity contribution in [3.8, 4) is 0 Å². The lowest BCUT2D eigenvalue weighted by atomic mass is 10.1. The fourth-order valence-corrected chi connectivity index (χ4v) is 2.74. The van der Waals surface area contributed by atoms with E-state index in [1.165, 1.54) is 18.2 Å². The van der Waals surface area contributed by atoms with Crippen LogP contribution in [0.25, 0.3) is 0 Å². The van der Waals surface area contributed by atoms with Crippen LogP contribution in [0.1, 0.15) is 10.4 Å². The van der Waals surface area contributed by atoms with E-state index in [1.807, 2.05) is 31.3 Å². The number of thiol groups is 1. The number of nitrogens with zero attached hydrogens (tertiary/aromatic N) is 2. The molecular weight excluding hydrogens is 287 g/mol. The molecule has 1 aliphatic rings. The minimum absolute atomic E-state index is 0.0573. The number of carbonyl (C=O) groups excluding carboxylic acids is 1. The van der Waals surface area contributed by atoms with E-state index in [1.54, 1.807) is 4.90 Å². The monoisotopic (exact) mass is 302 g/mol. The van der Waals surface area contributed by atoms with Crippen LogP contribution in [0, 0.1) is 5.82 Å². The standard InChI is InChI=1S/C16H15FN2OS/c1-18-8-9-19(15-5-3-2-4-14(15)18)16(20)12-10-11(21)6-7-13(12)17/h2-7,10,21H,8-9H2,1H3. The van der Waals surface area contributed by atoms with Crippen molar-refractivity contribution in [2.75, 3.05) is 29.9 Å². The van der Waals surface area contributed by atoms with Crippen LogP contribution in [0.15, 0.2) is 47.4 Å². The molecule has 1 heterocycles. The highest BCUT2D eigenvalue weighted by atomic mass is 32.1. The minimum Gasteiger partial charge on any atom is -0.371 e. The fraction of sp³-hybridized carbons (Fsp3) is 0.188. The Morgan fingerprint density at radius 2 is 1.86 bits per heavy atom. The molecule has 0 spiro atoms. The first-order chi connectivity index (χ1) is 10.1. The van der Waals surface area contributed by atoms with Crippen molar-refractivity contribution in [1.82, 2.24) is 0 Å². The molecule has 2 aromatic rings. The van der Waals surface area contributed by atoms with Gasteiger partial charge < -0.3 is 9.80 Å². The fourth-order valence-electron chi connectivity index (χ4n) is 2.54. The highest BCUT2D eigenvalue weighted by molar-refractivity contribution is 7.80. The molecule has 0 radical (unpaired) electrons. The first-order valence-corrected chi connectivity index (χ1v) is 7.13. The first-order valence-electron chi connectivity index (χ1n) is 6.68. The molecule has 0 aliphatic carbocycles.